The van der Waals surface area contributed by atoms with Crippen molar-refractivity contribution in [2.45, 2.75) is 26.0 Å². The Hall–Kier alpha value is -1.80. The molecule has 0 saturated carbocycles. The SMILES string of the molecule is C[C@@H](O)CCNc1cc(Cl)ncc1-c1ncc(CN2CCN(C)CC2)cc1F. The van der Waals surface area contributed by atoms with Gasteiger partial charge in [0.15, 0.2) is 0 Å². The van der Waals surface area contributed by atoms with Gasteiger partial charge in [-0.1, -0.05) is 11.6 Å². The summed E-state index contributed by atoms with van der Waals surface area (Å²) in [4.78, 5) is 13.1. The molecule has 2 aromatic rings. The van der Waals surface area contributed by atoms with Gasteiger partial charge in [0.25, 0.3) is 0 Å². The summed E-state index contributed by atoms with van der Waals surface area (Å²) in [5.41, 5.74) is 2.31. The van der Waals surface area contributed by atoms with Crippen LogP contribution in [0.3, 0.4) is 0 Å². The maximum absolute atomic E-state index is 14.9. The molecule has 8 heteroatoms. The van der Waals surface area contributed by atoms with Crippen LogP contribution in [0.15, 0.2) is 24.5 Å². The Morgan fingerprint density at radius 3 is 2.64 bits per heavy atom. The van der Waals surface area contributed by atoms with Gasteiger partial charge >= 0.3 is 0 Å². The molecule has 3 rings (SSSR count). The molecule has 1 fully saturated rings. The van der Waals surface area contributed by atoms with Crippen LogP contribution < -0.4 is 5.32 Å². The molecule has 0 radical (unpaired) electrons. The van der Waals surface area contributed by atoms with E-state index in [1.165, 1.54) is 6.20 Å². The van der Waals surface area contributed by atoms with E-state index in [1.807, 2.05) is 0 Å². The molecule has 3 heterocycles. The minimum Gasteiger partial charge on any atom is -0.393 e. The predicted molar refractivity (Wildman–Crippen MR) is 110 cm³/mol. The molecular formula is C20H27ClFN5O. The normalized spacial score (nSPS) is 16.9. The first kappa shape index (κ1) is 20.9. The Bertz CT molecular complexity index is 796. The van der Waals surface area contributed by atoms with E-state index in [-0.39, 0.29) is 11.5 Å². The number of pyridine rings is 2. The lowest BCUT2D eigenvalue weighted by atomic mass is 10.1. The Balaban J connectivity index is 1.76. The maximum Gasteiger partial charge on any atom is 0.149 e. The standard InChI is InChI=1S/C20H27ClFN5O/c1-14(28)3-4-23-18-10-19(21)24-12-16(18)20-17(22)9-15(11-25-20)13-27-7-5-26(2)6-8-27/h9-12,14,28H,3-8,13H2,1-2H3,(H,23,24)/t14-/m1/s1. The summed E-state index contributed by atoms with van der Waals surface area (Å²) in [7, 11) is 2.11. The van der Waals surface area contributed by atoms with Crippen molar-refractivity contribution >= 4 is 17.3 Å². The lowest BCUT2D eigenvalue weighted by Crippen LogP contribution is -2.43. The van der Waals surface area contributed by atoms with E-state index in [0.29, 0.717) is 35.9 Å². The van der Waals surface area contributed by atoms with Crippen molar-refractivity contribution in [1.82, 2.24) is 19.8 Å². The highest BCUT2D eigenvalue weighted by molar-refractivity contribution is 6.29. The first-order chi connectivity index (χ1) is 13.4. The number of aromatic nitrogens is 2. The number of anilines is 1. The molecule has 0 aromatic carbocycles. The smallest absolute Gasteiger partial charge is 0.149 e. The van der Waals surface area contributed by atoms with Crippen LogP contribution in [0.1, 0.15) is 18.9 Å². The van der Waals surface area contributed by atoms with Gasteiger partial charge in [-0.15, -0.1) is 0 Å². The fourth-order valence-corrected chi connectivity index (χ4v) is 3.36. The molecule has 0 spiro atoms. The van der Waals surface area contributed by atoms with Crippen molar-refractivity contribution in [3.63, 3.8) is 0 Å². The Kier molecular flexibility index (Phi) is 7.18. The van der Waals surface area contributed by atoms with Crippen LogP contribution in [0.2, 0.25) is 5.15 Å². The monoisotopic (exact) mass is 407 g/mol. The Morgan fingerprint density at radius 2 is 1.96 bits per heavy atom. The largest absolute Gasteiger partial charge is 0.393 e. The lowest BCUT2D eigenvalue weighted by molar-refractivity contribution is 0.148. The number of aliphatic hydroxyl groups excluding tert-OH is 1. The molecule has 0 aliphatic carbocycles. The van der Waals surface area contributed by atoms with E-state index in [0.717, 1.165) is 31.7 Å². The van der Waals surface area contributed by atoms with Gasteiger partial charge in [-0.25, -0.2) is 9.37 Å². The molecule has 1 saturated heterocycles. The summed E-state index contributed by atoms with van der Waals surface area (Å²) in [6.45, 7) is 6.93. The second kappa shape index (κ2) is 9.60. The van der Waals surface area contributed by atoms with Crippen LogP contribution in [0.5, 0.6) is 0 Å². The molecule has 1 atom stereocenters. The van der Waals surface area contributed by atoms with Crippen molar-refractivity contribution in [2.24, 2.45) is 0 Å². The molecule has 1 aliphatic rings. The second-order valence-electron chi connectivity index (χ2n) is 7.37. The van der Waals surface area contributed by atoms with Gasteiger partial charge in [0.2, 0.25) is 0 Å². The van der Waals surface area contributed by atoms with E-state index >= 15 is 0 Å². The highest BCUT2D eigenvalue weighted by Gasteiger charge is 2.17. The third kappa shape index (κ3) is 5.61. The number of likely N-dealkylation sites (N-methyl/N-ethyl adjacent to an activating group) is 1. The molecule has 2 aromatic heterocycles. The number of hydrogen-bond acceptors (Lipinski definition) is 6. The number of piperazine rings is 1. The summed E-state index contributed by atoms with van der Waals surface area (Å²) < 4.78 is 14.9. The highest BCUT2D eigenvalue weighted by Crippen LogP contribution is 2.30. The first-order valence-corrected chi connectivity index (χ1v) is 9.93. The minimum atomic E-state index is -0.419. The Labute approximate surface area is 170 Å². The summed E-state index contributed by atoms with van der Waals surface area (Å²) in [5, 5.41) is 12.9. The van der Waals surface area contributed by atoms with Crippen LogP contribution in [-0.4, -0.2) is 70.7 Å². The van der Waals surface area contributed by atoms with E-state index in [1.54, 1.807) is 25.3 Å². The van der Waals surface area contributed by atoms with Gasteiger partial charge in [-0.3, -0.25) is 9.88 Å². The van der Waals surface area contributed by atoms with Gasteiger partial charge < -0.3 is 15.3 Å². The summed E-state index contributed by atoms with van der Waals surface area (Å²) in [6, 6.07) is 3.20. The minimum absolute atomic E-state index is 0.242. The molecule has 0 unspecified atom stereocenters. The van der Waals surface area contributed by atoms with Crippen LogP contribution >= 0.6 is 11.6 Å². The fourth-order valence-electron chi connectivity index (χ4n) is 3.21. The van der Waals surface area contributed by atoms with Crippen LogP contribution in [0.4, 0.5) is 10.1 Å². The summed E-state index contributed by atoms with van der Waals surface area (Å²) in [5.74, 6) is -0.380. The van der Waals surface area contributed by atoms with Crippen LogP contribution in [-0.2, 0) is 6.54 Å². The molecular weight excluding hydrogens is 381 g/mol. The van der Waals surface area contributed by atoms with Crippen LogP contribution in [0, 0.1) is 5.82 Å². The second-order valence-corrected chi connectivity index (χ2v) is 7.76. The quantitative estimate of drug-likeness (QED) is 0.688. The van der Waals surface area contributed by atoms with Crippen molar-refractivity contribution < 1.29 is 9.50 Å². The van der Waals surface area contributed by atoms with E-state index < -0.39 is 6.10 Å². The van der Waals surface area contributed by atoms with Gasteiger partial charge in [0.05, 0.1) is 6.10 Å². The third-order valence-electron chi connectivity index (χ3n) is 4.90. The zero-order valence-corrected chi connectivity index (χ0v) is 17.1. The lowest BCUT2D eigenvalue weighted by Gasteiger charge is -2.32. The van der Waals surface area contributed by atoms with Crippen molar-refractivity contribution in [3.05, 3.63) is 41.1 Å². The maximum atomic E-state index is 14.9. The van der Waals surface area contributed by atoms with Crippen molar-refractivity contribution in [3.8, 4) is 11.3 Å². The molecule has 28 heavy (non-hydrogen) atoms. The molecule has 0 bridgehead atoms. The average molecular weight is 408 g/mol. The third-order valence-corrected chi connectivity index (χ3v) is 5.11. The van der Waals surface area contributed by atoms with Crippen molar-refractivity contribution in [2.75, 3.05) is 45.1 Å². The summed E-state index contributed by atoms with van der Waals surface area (Å²) >= 11 is 6.01. The number of nitrogens with zero attached hydrogens (tertiary/aromatic N) is 4. The van der Waals surface area contributed by atoms with Gasteiger partial charge in [-0.2, -0.15) is 0 Å². The zero-order chi connectivity index (χ0) is 20.1. The van der Waals surface area contributed by atoms with E-state index in [4.69, 9.17) is 11.6 Å². The zero-order valence-electron chi connectivity index (χ0n) is 16.3. The molecule has 1 aliphatic heterocycles. The van der Waals surface area contributed by atoms with Crippen LogP contribution in [0.25, 0.3) is 11.3 Å². The van der Waals surface area contributed by atoms with E-state index in [2.05, 4.69) is 32.1 Å². The number of halogens is 2. The fraction of sp³-hybridized carbons (Fsp3) is 0.500. The summed E-state index contributed by atoms with van der Waals surface area (Å²) in [6.07, 6.45) is 3.40. The average Bonchev–Trinajstić information content (AvgIpc) is 2.64. The highest BCUT2D eigenvalue weighted by atomic mass is 35.5. The predicted octanol–water partition coefficient (Wildman–Crippen LogP) is 2.87. The van der Waals surface area contributed by atoms with Crippen molar-refractivity contribution in [1.29, 1.82) is 0 Å². The molecule has 152 valence electrons. The van der Waals surface area contributed by atoms with Gasteiger partial charge in [-0.05, 0) is 38.1 Å². The van der Waals surface area contributed by atoms with E-state index in [9.17, 15) is 9.50 Å². The number of hydrogen-bond donors (Lipinski definition) is 2. The molecule has 6 nitrogen and oxygen atoms in total. The number of rotatable bonds is 7. The number of aliphatic hydroxyl groups is 1. The van der Waals surface area contributed by atoms with Gasteiger partial charge in [0.1, 0.15) is 16.7 Å². The molecule has 0 amide bonds. The topological polar surface area (TPSA) is 64.5 Å². The first-order valence-electron chi connectivity index (χ1n) is 9.55. The molecule has 2 N–H and O–H groups in total. The van der Waals surface area contributed by atoms with Gasteiger partial charge in [0, 0.05) is 62.9 Å². The number of nitrogens with one attached hydrogen (secondary N) is 1. The Morgan fingerprint density at radius 1 is 1.21 bits per heavy atom.